The molecule has 1 heterocycles. The van der Waals surface area contributed by atoms with E-state index in [-0.39, 0.29) is 0 Å². The second-order valence-corrected chi connectivity index (χ2v) is 6.19. The zero-order valence-corrected chi connectivity index (χ0v) is 12.5. The molecule has 2 heteroatoms. The smallest absolute Gasteiger partial charge is 0.0561 e. The summed E-state index contributed by atoms with van der Waals surface area (Å²) in [5, 5.41) is 6.31. The second kappa shape index (κ2) is 4.64. The van der Waals surface area contributed by atoms with Gasteiger partial charge in [-0.1, -0.05) is 58.4 Å². The Kier molecular flexibility index (Phi) is 2.78. The van der Waals surface area contributed by atoms with E-state index < -0.39 is 0 Å². The lowest BCUT2D eigenvalue weighted by molar-refractivity contribution is 0.832. The van der Waals surface area contributed by atoms with E-state index in [4.69, 9.17) is 0 Å². The highest BCUT2D eigenvalue weighted by Gasteiger charge is 2.23. The summed E-state index contributed by atoms with van der Waals surface area (Å²) in [4.78, 5) is 0. The molecule has 0 aliphatic carbocycles. The van der Waals surface area contributed by atoms with Gasteiger partial charge in [-0.3, -0.25) is 0 Å². The first-order chi connectivity index (χ1) is 9.81. The van der Waals surface area contributed by atoms with Crippen LogP contribution in [0.1, 0.15) is 17.2 Å². The normalized spacial score (nSPS) is 16.9. The van der Waals surface area contributed by atoms with Crippen LogP contribution in [-0.4, -0.2) is 0 Å². The van der Waals surface area contributed by atoms with Gasteiger partial charge in [-0.25, -0.2) is 0 Å². The highest BCUT2D eigenvalue weighted by Crippen LogP contribution is 2.37. The minimum Gasteiger partial charge on any atom is -0.378 e. The summed E-state index contributed by atoms with van der Waals surface area (Å²) in [6.07, 6.45) is 1.04. The van der Waals surface area contributed by atoms with Gasteiger partial charge >= 0.3 is 0 Å². The third-order valence-electron chi connectivity index (χ3n) is 4.02. The van der Waals surface area contributed by atoms with Gasteiger partial charge in [0.05, 0.1) is 6.04 Å². The maximum Gasteiger partial charge on any atom is 0.0561 e. The van der Waals surface area contributed by atoms with Gasteiger partial charge in [0.25, 0.3) is 0 Å². The maximum atomic E-state index is 3.65. The second-order valence-electron chi connectivity index (χ2n) is 5.27. The Bertz CT molecular complexity index is 789. The standard InChI is InChI=1S/C18H14BrN/c19-14-8-9-17-13(10-14)11-18(20-17)16-7-3-5-12-4-1-2-6-15(12)16/h1-10,18,20H,11H2. The predicted octanol–water partition coefficient (Wildman–Crippen LogP) is 5.31. The zero-order valence-electron chi connectivity index (χ0n) is 10.9. The predicted molar refractivity (Wildman–Crippen MR) is 88.2 cm³/mol. The largest absolute Gasteiger partial charge is 0.378 e. The lowest BCUT2D eigenvalue weighted by Gasteiger charge is -2.14. The van der Waals surface area contributed by atoms with Gasteiger partial charge in [-0.15, -0.1) is 0 Å². The fraction of sp³-hybridized carbons (Fsp3) is 0.111. The number of rotatable bonds is 1. The van der Waals surface area contributed by atoms with Crippen molar-refractivity contribution >= 4 is 32.4 Å². The minimum atomic E-state index is 0.366. The van der Waals surface area contributed by atoms with E-state index in [0.717, 1.165) is 10.9 Å². The number of fused-ring (bicyclic) bond motifs is 2. The first kappa shape index (κ1) is 12.0. The third-order valence-corrected chi connectivity index (χ3v) is 4.51. The van der Waals surface area contributed by atoms with Crippen molar-refractivity contribution in [3.8, 4) is 0 Å². The van der Waals surface area contributed by atoms with E-state index in [9.17, 15) is 0 Å². The summed E-state index contributed by atoms with van der Waals surface area (Å²) in [5.41, 5.74) is 4.03. The fourth-order valence-electron chi connectivity index (χ4n) is 3.07. The van der Waals surface area contributed by atoms with Crippen molar-refractivity contribution in [1.82, 2.24) is 0 Å². The van der Waals surface area contributed by atoms with Crippen molar-refractivity contribution in [2.24, 2.45) is 0 Å². The van der Waals surface area contributed by atoms with Crippen LogP contribution in [0.5, 0.6) is 0 Å². The summed E-state index contributed by atoms with van der Waals surface area (Å²) in [6.45, 7) is 0. The van der Waals surface area contributed by atoms with Crippen LogP contribution in [0, 0.1) is 0 Å². The lowest BCUT2D eigenvalue weighted by Crippen LogP contribution is -2.06. The summed E-state index contributed by atoms with van der Waals surface area (Å²) >= 11 is 3.55. The van der Waals surface area contributed by atoms with E-state index in [0.29, 0.717) is 6.04 Å². The van der Waals surface area contributed by atoms with Gasteiger partial charge in [0.1, 0.15) is 0 Å². The molecule has 0 saturated carbocycles. The van der Waals surface area contributed by atoms with E-state index in [1.165, 1.54) is 27.6 Å². The Morgan fingerprint density at radius 3 is 2.75 bits per heavy atom. The van der Waals surface area contributed by atoms with E-state index >= 15 is 0 Å². The molecule has 0 saturated heterocycles. The SMILES string of the molecule is Brc1ccc2c(c1)CC(c1cccc3ccccc13)N2. The first-order valence-corrected chi connectivity index (χ1v) is 7.63. The average molecular weight is 324 g/mol. The molecule has 0 bridgehead atoms. The van der Waals surface area contributed by atoms with Crippen LogP contribution < -0.4 is 5.32 Å². The van der Waals surface area contributed by atoms with Crippen LogP contribution in [-0.2, 0) is 6.42 Å². The third kappa shape index (κ3) is 1.92. The molecule has 0 aromatic heterocycles. The highest BCUT2D eigenvalue weighted by atomic mass is 79.9. The molecule has 20 heavy (non-hydrogen) atoms. The van der Waals surface area contributed by atoms with Gasteiger partial charge in [-0.2, -0.15) is 0 Å². The van der Waals surface area contributed by atoms with Crippen LogP contribution in [0.15, 0.2) is 65.1 Å². The maximum absolute atomic E-state index is 3.65. The van der Waals surface area contributed by atoms with E-state index in [2.05, 4.69) is 81.9 Å². The molecule has 1 unspecified atom stereocenters. The van der Waals surface area contributed by atoms with Crippen molar-refractivity contribution in [3.63, 3.8) is 0 Å². The molecule has 0 radical (unpaired) electrons. The lowest BCUT2D eigenvalue weighted by atomic mass is 9.97. The van der Waals surface area contributed by atoms with Crippen LogP contribution in [0.2, 0.25) is 0 Å². The Balaban J connectivity index is 1.79. The molecule has 3 aromatic rings. The Morgan fingerprint density at radius 1 is 0.950 bits per heavy atom. The van der Waals surface area contributed by atoms with E-state index in [1.54, 1.807) is 0 Å². The summed E-state index contributed by atoms with van der Waals surface area (Å²) in [5.74, 6) is 0. The molecule has 1 N–H and O–H groups in total. The van der Waals surface area contributed by atoms with Crippen LogP contribution in [0.4, 0.5) is 5.69 Å². The topological polar surface area (TPSA) is 12.0 Å². The van der Waals surface area contributed by atoms with Gasteiger partial charge < -0.3 is 5.32 Å². The van der Waals surface area contributed by atoms with Crippen LogP contribution >= 0.6 is 15.9 Å². The molecular weight excluding hydrogens is 310 g/mol. The van der Waals surface area contributed by atoms with Gasteiger partial charge in [-0.05, 0) is 46.5 Å². The minimum absolute atomic E-state index is 0.366. The molecule has 0 amide bonds. The summed E-state index contributed by atoms with van der Waals surface area (Å²) < 4.78 is 1.15. The number of benzene rings is 3. The number of nitrogens with one attached hydrogen (secondary N) is 1. The van der Waals surface area contributed by atoms with Crippen LogP contribution in [0.3, 0.4) is 0 Å². The molecular formula is C18H14BrN. The molecule has 1 nitrogen and oxygen atoms in total. The average Bonchev–Trinajstić information content (AvgIpc) is 2.89. The molecule has 1 atom stereocenters. The molecule has 1 aliphatic heterocycles. The van der Waals surface area contributed by atoms with Crippen molar-refractivity contribution in [2.75, 3.05) is 5.32 Å². The van der Waals surface area contributed by atoms with Gasteiger partial charge in [0, 0.05) is 10.2 Å². The zero-order chi connectivity index (χ0) is 13.5. The molecule has 3 aromatic carbocycles. The Hall–Kier alpha value is -1.80. The molecule has 98 valence electrons. The van der Waals surface area contributed by atoms with Crippen molar-refractivity contribution in [2.45, 2.75) is 12.5 Å². The van der Waals surface area contributed by atoms with E-state index in [1.807, 2.05) is 0 Å². The fourth-order valence-corrected chi connectivity index (χ4v) is 3.48. The van der Waals surface area contributed by atoms with Crippen LogP contribution in [0.25, 0.3) is 10.8 Å². The first-order valence-electron chi connectivity index (χ1n) is 6.84. The van der Waals surface area contributed by atoms with Crippen molar-refractivity contribution in [1.29, 1.82) is 0 Å². The number of halogens is 1. The molecule has 4 rings (SSSR count). The molecule has 0 fully saturated rings. The Labute approximate surface area is 126 Å². The summed E-state index contributed by atoms with van der Waals surface area (Å²) in [7, 11) is 0. The number of anilines is 1. The quantitative estimate of drug-likeness (QED) is 0.639. The van der Waals surface area contributed by atoms with Gasteiger partial charge in [0.2, 0.25) is 0 Å². The van der Waals surface area contributed by atoms with Crippen molar-refractivity contribution < 1.29 is 0 Å². The van der Waals surface area contributed by atoms with Gasteiger partial charge in [0.15, 0.2) is 0 Å². The number of hydrogen-bond acceptors (Lipinski definition) is 1. The Morgan fingerprint density at radius 2 is 1.80 bits per heavy atom. The van der Waals surface area contributed by atoms with Crippen molar-refractivity contribution in [3.05, 3.63) is 76.3 Å². The number of hydrogen-bond donors (Lipinski definition) is 1. The molecule has 0 spiro atoms. The highest BCUT2D eigenvalue weighted by molar-refractivity contribution is 9.10. The monoisotopic (exact) mass is 323 g/mol. The summed E-state index contributed by atoms with van der Waals surface area (Å²) in [6, 6.07) is 22.0. The molecule has 1 aliphatic rings.